The fourth-order valence-corrected chi connectivity index (χ4v) is 2.20. The lowest BCUT2D eigenvalue weighted by atomic mass is 9.95. The monoisotopic (exact) mass is 245 g/mol. The minimum atomic E-state index is 0.0342. The Labute approximate surface area is 109 Å². The number of aromatic nitrogens is 2. The molecule has 0 bridgehead atoms. The highest BCUT2D eigenvalue weighted by Gasteiger charge is 2.23. The van der Waals surface area contributed by atoms with Crippen molar-refractivity contribution in [2.24, 2.45) is 5.73 Å². The lowest BCUT2D eigenvalue weighted by Gasteiger charge is -2.22. The Bertz CT molecular complexity index is 534. The predicted molar refractivity (Wildman–Crippen MR) is 76.7 cm³/mol. The molecule has 1 aromatic heterocycles. The first kappa shape index (κ1) is 13.1. The Hall–Kier alpha value is -1.35. The zero-order valence-electron chi connectivity index (χ0n) is 11.8. The number of benzene rings is 1. The second-order valence-corrected chi connectivity index (χ2v) is 5.95. The number of nitrogens with two attached hydrogens (primary N) is 1. The first-order valence-corrected chi connectivity index (χ1v) is 6.64. The molecule has 0 aliphatic rings. The molecule has 18 heavy (non-hydrogen) atoms. The van der Waals surface area contributed by atoms with Crippen LogP contribution in [-0.2, 0) is 12.0 Å². The van der Waals surface area contributed by atoms with E-state index in [-0.39, 0.29) is 11.5 Å². The lowest BCUT2D eigenvalue weighted by Crippen LogP contribution is -2.28. The van der Waals surface area contributed by atoms with Crippen molar-refractivity contribution < 1.29 is 0 Å². The lowest BCUT2D eigenvalue weighted by molar-refractivity contribution is 0.469. The topological polar surface area (TPSA) is 43.8 Å². The SMILES string of the molecule is CCC(N)Cn1c(C(C)(C)C)nc2ccccc21. The van der Waals surface area contributed by atoms with Gasteiger partial charge in [0, 0.05) is 18.0 Å². The number of hydrogen-bond donors (Lipinski definition) is 1. The van der Waals surface area contributed by atoms with Crippen LogP contribution in [-0.4, -0.2) is 15.6 Å². The van der Waals surface area contributed by atoms with Gasteiger partial charge in [-0.25, -0.2) is 4.98 Å². The summed E-state index contributed by atoms with van der Waals surface area (Å²) in [4.78, 5) is 4.78. The summed E-state index contributed by atoms with van der Waals surface area (Å²) in [7, 11) is 0. The van der Waals surface area contributed by atoms with Gasteiger partial charge in [0.2, 0.25) is 0 Å². The molecule has 0 fully saturated rings. The number of imidazole rings is 1. The van der Waals surface area contributed by atoms with Gasteiger partial charge in [0.1, 0.15) is 5.82 Å². The molecule has 0 radical (unpaired) electrons. The first-order chi connectivity index (χ1) is 8.43. The quantitative estimate of drug-likeness (QED) is 0.903. The van der Waals surface area contributed by atoms with E-state index in [1.54, 1.807) is 0 Å². The maximum Gasteiger partial charge on any atom is 0.115 e. The molecule has 0 aliphatic carbocycles. The Balaban J connectivity index is 2.58. The predicted octanol–water partition coefficient (Wildman–Crippen LogP) is 3.07. The molecule has 3 nitrogen and oxygen atoms in total. The van der Waals surface area contributed by atoms with Gasteiger partial charge in [-0.05, 0) is 18.6 Å². The van der Waals surface area contributed by atoms with Gasteiger partial charge in [-0.1, -0.05) is 39.8 Å². The molecule has 98 valence electrons. The van der Waals surface area contributed by atoms with Crippen molar-refractivity contribution in [2.45, 2.75) is 52.1 Å². The van der Waals surface area contributed by atoms with Crippen LogP contribution in [0.3, 0.4) is 0 Å². The molecule has 0 saturated heterocycles. The fourth-order valence-electron chi connectivity index (χ4n) is 2.20. The summed E-state index contributed by atoms with van der Waals surface area (Å²) in [5, 5.41) is 0. The summed E-state index contributed by atoms with van der Waals surface area (Å²) in [6, 6.07) is 8.47. The van der Waals surface area contributed by atoms with E-state index in [9.17, 15) is 0 Å². The Kier molecular flexibility index (Phi) is 3.44. The van der Waals surface area contributed by atoms with Crippen LogP contribution in [0.1, 0.15) is 39.9 Å². The van der Waals surface area contributed by atoms with Gasteiger partial charge in [-0.15, -0.1) is 0 Å². The summed E-state index contributed by atoms with van der Waals surface area (Å²) < 4.78 is 2.28. The van der Waals surface area contributed by atoms with Crippen LogP contribution in [0.15, 0.2) is 24.3 Å². The molecule has 2 aromatic rings. The minimum Gasteiger partial charge on any atom is -0.326 e. The number of nitrogens with zero attached hydrogens (tertiary/aromatic N) is 2. The third-order valence-electron chi connectivity index (χ3n) is 3.27. The van der Waals surface area contributed by atoms with E-state index in [1.807, 2.05) is 6.07 Å². The molecule has 0 aliphatic heterocycles. The van der Waals surface area contributed by atoms with Crippen LogP contribution in [0.25, 0.3) is 11.0 Å². The summed E-state index contributed by atoms with van der Waals surface area (Å²) in [5.74, 6) is 1.12. The number of fused-ring (bicyclic) bond motifs is 1. The van der Waals surface area contributed by atoms with Crippen LogP contribution < -0.4 is 5.73 Å². The molecule has 2 rings (SSSR count). The zero-order valence-corrected chi connectivity index (χ0v) is 11.8. The molecule has 0 spiro atoms. The number of rotatable bonds is 3. The standard InChI is InChI=1S/C15H23N3/c1-5-11(16)10-18-13-9-7-6-8-12(13)17-14(18)15(2,3)4/h6-9,11H,5,10,16H2,1-4H3. The molecule has 1 unspecified atom stereocenters. The maximum atomic E-state index is 6.12. The number of hydrogen-bond acceptors (Lipinski definition) is 2. The molecule has 0 saturated carbocycles. The fraction of sp³-hybridized carbons (Fsp3) is 0.533. The third kappa shape index (κ3) is 2.41. The van der Waals surface area contributed by atoms with E-state index in [1.165, 1.54) is 5.52 Å². The van der Waals surface area contributed by atoms with E-state index < -0.39 is 0 Å². The largest absolute Gasteiger partial charge is 0.326 e. The number of para-hydroxylation sites is 2. The molecule has 1 aromatic carbocycles. The Morgan fingerprint density at radius 2 is 1.94 bits per heavy atom. The Morgan fingerprint density at radius 1 is 1.28 bits per heavy atom. The van der Waals surface area contributed by atoms with Gasteiger partial charge in [0.25, 0.3) is 0 Å². The average molecular weight is 245 g/mol. The highest BCUT2D eigenvalue weighted by atomic mass is 15.1. The van der Waals surface area contributed by atoms with Crippen LogP contribution in [0.4, 0.5) is 0 Å². The van der Waals surface area contributed by atoms with Crippen LogP contribution in [0.2, 0.25) is 0 Å². The van der Waals surface area contributed by atoms with Crippen molar-refractivity contribution in [1.29, 1.82) is 0 Å². The van der Waals surface area contributed by atoms with Crippen LogP contribution >= 0.6 is 0 Å². The van der Waals surface area contributed by atoms with Gasteiger partial charge in [-0.3, -0.25) is 0 Å². The summed E-state index contributed by atoms with van der Waals surface area (Å²) in [5.41, 5.74) is 8.40. The molecule has 3 heteroatoms. The molecular weight excluding hydrogens is 222 g/mol. The van der Waals surface area contributed by atoms with E-state index in [0.29, 0.717) is 0 Å². The van der Waals surface area contributed by atoms with Crippen molar-refractivity contribution in [3.05, 3.63) is 30.1 Å². The van der Waals surface area contributed by atoms with Crippen molar-refractivity contribution in [2.75, 3.05) is 0 Å². The van der Waals surface area contributed by atoms with Gasteiger partial charge >= 0.3 is 0 Å². The zero-order chi connectivity index (χ0) is 13.3. The Morgan fingerprint density at radius 3 is 2.56 bits per heavy atom. The smallest absolute Gasteiger partial charge is 0.115 e. The van der Waals surface area contributed by atoms with Crippen molar-refractivity contribution >= 4 is 11.0 Å². The average Bonchev–Trinajstić information content (AvgIpc) is 2.68. The second-order valence-electron chi connectivity index (χ2n) is 5.95. The molecular formula is C15H23N3. The molecule has 1 atom stereocenters. The van der Waals surface area contributed by atoms with E-state index in [4.69, 9.17) is 10.7 Å². The van der Waals surface area contributed by atoms with Crippen molar-refractivity contribution in [3.8, 4) is 0 Å². The maximum absolute atomic E-state index is 6.12. The van der Waals surface area contributed by atoms with E-state index >= 15 is 0 Å². The van der Waals surface area contributed by atoms with Crippen LogP contribution in [0, 0.1) is 0 Å². The minimum absolute atomic E-state index is 0.0342. The highest BCUT2D eigenvalue weighted by molar-refractivity contribution is 5.76. The van der Waals surface area contributed by atoms with E-state index in [2.05, 4.69) is 50.5 Å². The summed E-state index contributed by atoms with van der Waals surface area (Å²) in [6.45, 7) is 9.55. The van der Waals surface area contributed by atoms with Crippen LogP contribution in [0.5, 0.6) is 0 Å². The molecule has 0 amide bonds. The van der Waals surface area contributed by atoms with E-state index in [0.717, 1.165) is 24.3 Å². The normalized spacial score (nSPS) is 14.1. The second kappa shape index (κ2) is 4.73. The third-order valence-corrected chi connectivity index (χ3v) is 3.27. The van der Waals surface area contributed by atoms with Gasteiger partial charge in [0.15, 0.2) is 0 Å². The molecule has 2 N–H and O–H groups in total. The van der Waals surface area contributed by atoms with Gasteiger partial charge < -0.3 is 10.3 Å². The summed E-state index contributed by atoms with van der Waals surface area (Å²) in [6.07, 6.45) is 0.982. The molecule has 1 heterocycles. The summed E-state index contributed by atoms with van der Waals surface area (Å²) >= 11 is 0. The highest BCUT2D eigenvalue weighted by Crippen LogP contribution is 2.26. The van der Waals surface area contributed by atoms with Gasteiger partial charge in [-0.2, -0.15) is 0 Å². The van der Waals surface area contributed by atoms with Crippen molar-refractivity contribution in [1.82, 2.24) is 9.55 Å². The van der Waals surface area contributed by atoms with Gasteiger partial charge in [0.05, 0.1) is 11.0 Å². The van der Waals surface area contributed by atoms with Crippen molar-refractivity contribution in [3.63, 3.8) is 0 Å². The first-order valence-electron chi connectivity index (χ1n) is 6.64.